The number of amides is 3. The molecule has 2 aliphatic heterocycles. The van der Waals surface area contributed by atoms with Crippen LogP contribution in [0.25, 0.3) is 11.4 Å². The van der Waals surface area contributed by atoms with Gasteiger partial charge in [0.25, 0.3) is 11.8 Å². The van der Waals surface area contributed by atoms with Crippen molar-refractivity contribution in [2.45, 2.75) is 19.8 Å². The topological polar surface area (TPSA) is 138 Å². The Morgan fingerprint density at radius 2 is 1.89 bits per heavy atom. The molecule has 4 N–H and O–H groups in total. The Morgan fingerprint density at radius 1 is 1.09 bits per heavy atom. The second-order valence-corrected chi connectivity index (χ2v) is 11.9. The Kier molecular flexibility index (Phi) is 9.24. The van der Waals surface area contributed by atoms with E-state index in [1.165, 1.54) is 0 Å². The molecule has 0 radical (unpaired) electrons. The van der Waals surface area contributed by atoms with Crippen LogP contribution in [-0.4, -0.2) is 81.3 Å². The smallest absolute Gasteiger partial charge is 0.255 e. The van der Waals surface area contributed by atoms with E-state index in [4.69, 9.17) is 17.3 Å². The summed E-state index contributed by atoms with van der Waals surface area (Å²) in [5.74, 6) is 5.92. The molecule has 0 saturated carbocycles. The van der Waals surface area contributed by atoms with Crippen LogP contribution in [0.5, 0.6) is 0 Å². The second kappa shape index (κ2) is 13.7. The number of fused-ring (bicyclic) bond motifs is 1. The lowest BCUT2D eigenvalue weighted by Gasteiger charge is -2.34. The second-order valence-electron chi connectivity index (χ2n) is 11.5. The Bertz CT molecular complexity index is 1930. The van der Waals surface area contributed by atoms with Crippen molar-refractivity contribution in [2.24, 2.45) is 7.05 Å². The van der Waals surface area contributed by atoms with Crippen LogP contribution in [0.3, 0.4) is 0 Å². The molecule has 0 atom stereocenters. The zero-order valence-corrected chi connectivity index (χ0v) is 27.0. The normalized spacial score (nSPS) is 14.5. The van der Waals surface area contributed by atoms with Gasteiger partial charge >= 0.3 is 0 Å². The molecule has 0 bridgehead atoms. The van der Waals surface area contributed by atoms with E-state index in [0.717, 1.165) is 36.6 Å². The molecular weight excluding hydrogens is 616 g/mol. The molecule has 4 heterocycles. The van der Waals surface area contributed by atoms with Crippen molar-refractivity contribution in [2.75, 3.05) is 50.3 Å². The Morgan fingerprint density at radius 3 is 2.66 bits per heavy atom. The number of hydrogen-bond donors (Lipinski definition) is 3. The van der Waals surface area contributed by atoms with E-state index in [1.54, 1.807) is 29.3 Å². The molecule has 1 saturated heterocycles. The molecule has 47 heavy (non-hydrogen) atoms. The van der Waals surface area contributed by atoms with Gasteiger partial charge in [-0.05, 0) is 48.5 Å². The molecule has 1 fully saturated rings. The molecule has 0 spiro atoms. The van der Waals surface area contributed by atoms with Crippen LogP contribution in [0.4, 0.5) is 11.6 Å². The zero-order valence-electron chi connectivity index (χ0n) is 26.3. The number of piperazine rings is 1. The molecular formula is C35H35ClN8O3. The molecule has 2 aromatic carbocycles. The molecule has 3 amide bonds. The molecule has 0 aliphatic carbocycles. The number of carbonyl (C=O) groups is 3. The number of aromatic nitrogens is 3. The minimum absolute atomic E-state index is 0.105. The SMILES string of the molecule is CCN1CCN(C(=O)c2cc(NC(=O)Cc3cccc(C#Cc4cnc(N)nc4-c4cc5c(n4C)CCNC5=O)c3)ccc2Cl)CC1. The van der Waals surface area contributed by atoms with Gasteiger partial charge < -0.3 is 30.7 Å². The van der Waals surface area contributed by atoms with Gasteiger partial charge in [-0.3, -0.25) is 14.4 Å². The number of nitrogens with zero attached hydrogens (tertiary/aromatic N) is 5. The van der Waals surface area contributed by atoms with Crippen LogP contribution in [0.1, 0.15) is 50.0 Å². The highest BCUT2D eigenvalue weighted by atomic mass is 35.5. The van der Waals surface area contributed by atoms with Gasteiger partial charge in [0.1, 0.15) is 5.69 Å². The number of rotatable bonds is 6. The van der Waals surface area contributed by atoms with E-state index < -0.39 is 0 Å². The fourth-order valence-corrected chi connectivity index (χ4v) is 6.13. The first-order valence-electron chi connectivity index (χ1n) is 15.5. The lowest BCUT2D eigenvalue weighted by atomic mass is 10.1. The lowest BCUT2D eigenvalue weighted by molar-refractivity contribution is -0.115. The summed E-state index contributed by atoms with van der Waals surface area (Å²) in [5, 5.41) is 6.12. The maximum absolute atomic E-state index is 13.2. The van der Waals surface area contributed by atoms with E-state index in [-0.39, 0.29) is 30.1 Å². The highest BCUT2D eigenvalue weighted by Crippen LogP contribution is 2.28. The van der Waals surface area contributed by atoms with E-state index in [2.05, 4.69) is 44.3 Å². The summed E-state index contributed by atoms with van der Waals surface area (Å²) < 4.78 is 1.95. The van der Waals surface area contributed by atoms with E-state index in [0.29, 0.717) is 64.7 Å². The number of hydrogen-bond acceptors (Lipinski definition) is 7. The first-order chi connectivity index (χ1) is 22.7. The van der Waals surface area contributed by atoms with Crippen molar-refractivity contribution >= 4 is 41.0 Å². The van der Waals surface area contributed by atoms with Crippen LogP contribution in [-0.2, 0) is 24.7 Å². The van der Waals surface area contributed by atoms with Gasteiger partial charge in [0.15, 0.2) is 0 Å². The van der Waals surface area contributed by atoms with Crippen LogP contribution >= 0.6 is 11.6 Å². The number of nitrogens with two attached hydrogens (primary N) is 1. The van der Waals surface area contributed by atoms with Gasteiger partial charge in [0.2, 0.25) is 11.9 Å². The number of nitrogen functional groups attached to an aromatic ring is 1. The monoisotopic (exact) mass is 650 g/mol. The Hall–Kier alpha value is -5.18. The highest BCUT2D eigenvalue weighted by molar-refractivity contribution is 6.34. The summed E-state index contributed by atoms with van der Waals surface area (Å²) in [5.41, 5.74) is 11.6. The van der Waals surface area contributed by atoms with Gasteiger partial charge in [0, 0.05) is 69.3 Å². The van der Waals surface area contributed by atoms with Gasteiger partial charge in [-0.2, -0.15) is 0 Å². The first kappa shape index (κ1) is 31.8. The average molecular weight is 651 g/mol. The summed E-state index contributed by atoms with van der Waals surface area (Å²) in [4.78, 5) is 51.4. The predicted octanol–water partition coefficient (Wildman–Crippen LogP) is 3.36. The van der Waals surface area contributed by atoms with Crippen molar-refractivity contribution in [1.82, 2.24) is 29.7 Å². The third-order valence-electron chi connectivity index (χ3n) is 8.52. The minimum Gasteiger partial charge on any atom is -0.368 e. The number of carbonyl (C=O) groups excluding carboxylic acids is 3. The molecule has 2 aromatic heterocycles. The summed E-state index contributed by atoms with van der Waals surface area (Å²) in [6, 6.07) is 14.2. The van der Waals surface area contributed by atoms with Crippen molar-refractivity contribution in [1.29, 1.82) is 0 Å². The Labute approximate surface area is 278 Å². The van der Waals surface area contributed by atoms with Crippen LogP contribution in [0.2, 0.25) is 5.02 Å². The van der Waals surface area contributed by atoms with E-state index >= 15 is 0 Å². The van der Waals surface area contributed by atoms with Crippen LogP contribution in [0.15, 0.2) is 54.7 Å². The largest absolute Gasteiger partial charge is 0.368 e. The zero-order chi connectivity index (χ0) is 33.1. The fourth-order valence-electron chi connectivity index (χ4n) is 5.93. The predicted molar refractivity (Wildman–Crippen MR) is 181 cm³/mol. The third kappa shape index (κ3) is 6.99. The van der Waals surface area contributed by atoms with Crippen LogP contribution in [0, 0.1) is 11.8 Å². The first-order valence-corrected chi connectivity index (χ1v) is 15.9. The maximum Gasteiger partial charge on any atom is 0.255 e. The maximum atomic E-state index is 13.2. The molecule has 6 rings (SSSR count). The number of likely N-dealkylation sites (N-methyl/N-ethyl adjacent to an activating group) is 1. The van der Waals surface area contributed by atoms with Crippen LogP contribution < -0.4 is 16.4 Å². The van der Waals surface area contributed by atoms with Gasteiger partial charge in [-0.15, -0.1) is 0 Å². The van der Waals surface area contributed by atoms with E-state index in [1.807, 2.05) is 41.9 Å². The summed E-state index contributed by atoms with van der Waals surface area (Å²) >= 11 is 6.40. The average Bonchev–Trinajstić information content (AvgIpc) is 3.42. The van der Waals surface area contributed by atoms with Crippen molar-refractivity contribution < 1.29 is 14.4 Å². The third-order valence-corrected chi connectivity index (χ3v) is 8.85. The summed E-state index contributed by atoms with van der Waals surface area (Å²) in [7, 11) is 1.90. The van der Waals surface area contributed by atoms with Crippen molar-refractivity contribution in [3.8, 4) is 23.2 Å². The number of halogens is 1. The standard InChI is InChI=1S/C35H35ClN8O3/c1-3-43-13-15-44(16-14-43)34(47)26-19-25(9-10-28(26)36)40-31(45)18-23-6-4-5-22(17-23)7-8-24-21-39-35(37)41-32(24)30-20-27-29(42(30)2)11-12-38-33(27)46/h4-6,9-10,17,19-21H,3,11-16,18H2,1-2H3,(H,38,46)(H,40,45)(H2,37,39,41). The highest BCUT2D eigenvalue weighted by Gasteiger charge is 2.25. The molecule has 0 unspecified atom stereocenters. The summed E-state index contributed by atoms with van der Waals surface area (Å²) in [6.07, 6.45) is 2.39. The van der Waals surface area contributed by atoms with Gasteiger partial charge in [-0.25, -0.2) is 9.97 Å². The van der Waals surface area contributed by atoms with E-state index in [9.17, 15) is 14.4 Å². The number of anilines is 2. The molecule has 12 heteroatoms. The molecule has 11 nitrogen and oxygen atoms in total. The Balaban J connectivity index is 1.16. The number of nitrogens with one attached hydrogen (secondary N) is 2. The summed E-state index contributed by atoms with van der Waals surface area (Å²) in [6.45, 7) is 6.56. The molecule has 240 valence electrons. The van der Waals surface area contributed by atoms with Crippen molar-refractivity contribution in [3.05, 3.63) is 93.3 Å². The number of benzene rings is 2. The lowest BCUT2D eigenvalue weighted by Crippen LogP contribution is -2.48. The fraction of sp³-hybridized carbons (Fsp3) is 0.286. The quantitative estimate of drug-likeness (QED) is 0.272. The molecule has 4 aromatic rings. The minimum atomic E-state index is -0.238. The van der Waals surface area contributed by atoms with Gasteiger partial charge in [0.05, 0.1) is 33.8 Å². The molecule has 2 aliphatic rings. The van der Waals surface area contributed by atoms with Gasteiger partial charge in [-0.1, -0.05) is 42.5 Å². The van der Waals surface area contributed by atoms with Crippen molar-refractivity contribution in [3.63, 3.8) is 0 Å².